The molecule has 2 unspecified atom stereocenters. The predicted molar refractivity (Wildman–Crippen MR) is 128 cm³/mol. The zero-order valence-electron chi connectivity index (χ0n) is 19.9. The zero-order valence-corrected chi connectivity index (χ0v) is 19.9. The molecule has 2 atom stereocenters. The fourth-order valence-corrected chi connectivity index (χ4v) is 4.66. The van der Waals surface area contributed by atoms with Crippen LogP contribution in [0.2, 0.25) is 0 Å². The lowest BCUT2D eigenvalue weighted by molar-refractivity contribution is -0.135. The quantitative estimate of drug-likeness (QED) is 0.629. The highest BCUT2D eigenvalue weighted by Gasteiger charge is 2.35. The van der Waals surface area contributed by atoms with Crippen LogP contribution in [-0.4, -0.2) is 62.0 Å². The van der Waals surface area contributed by atoms with Gasteiger partial charge in [0, 0.05) is 24.1 Å². The number of hydrogen-bond acceptors (Lipinski definition) is 6. The number of likely N-dealkylation sites (tertiary alicyclic amines) is 1. The van der Waals surface area contributed by atoms with Crippen molar-refractivity contribution in [1.29, 1.82) is 0 Å². The minimum Gasteiger partial charge on any atom is -0.497 e. The predicted octanol–water partition coefficient (Wildman–Crippen LogP) is 4.26. The number of amides is 1. The Morgan fingerprint density at radius 3 is 2.39 bits per heavy atom. The van der Waals surface area contributed by atoms with Gasteiger partial charge in [-0.1, -0.05) is 18.6 Å². The van der Waals surface area contributed by atoms with Gasteiger partial charge in [0.05, 0.1) is 39.6 Å². The van der Waals surface area contributed by atoms with Gasteiger partial charge in [0.1, 0.15) is 17.2 Å². The van der Waals surface area contributed by atoms with E-state index in [1.807, 2.05) is 42.5 Å². The van der Waals surface area contributed by atoms with Gasteiger partial charge in [-0.3, -0.25) is 9.69 Å². The number of nitrogens with zero attached hydrogens (tertiary/aromatic N) is 3. The molecular formula is C26H33N3O4. The van der Waals surface area contributed by atoms with Gasteiger partial charge in [-0.15, -0.1) is 0 Å². The first-order chi connectivity index (χ1) is 16.0. The molecule has 2 heterocycles. The SMILES string of the molecule is COc1ccc(C2CC(c3ccc(OC)cc3OC)=NN2C(=O)CN2CCCCC2C)cc1. The molecule has 7 heteroatoms. The molecule has 0 N–H and O–H groups in total. The van der Waals surface area contributed by atoms with Crippen LogP contribution in [0.4, 0.5) is 0 Å². The van der Waals surface area contributed by atoms with Crippen LogP contribution < -0.4 is 14.2 Å². The number of hydrazone groups is 1. The summed E-state index contributed by atoms with van der Waals surface area (Å²) in [5, 5.41) is 6.50. The Balaban J connectivity index is 1.65. The Kier molecular flexibility index (Phi) is 7.18. The van der Waals surface area contributed by atoms with Crippen LogP contribution in [0.1, 0.15) is 49.8 Å². The van der Waals surface area contributed by atoms with Gasteiger partial charge in [0.2, 0.25) is 0 Å². The van der Waals surface area contributed by atoms with E-state index < -0.39 is 0 Å². The Bertz CT molecular complexity index is 1010. The second-order valence-electron chi connectivity index (χ2n) is 8.66. The normalized spacial score (nSPS) is 21.0. The molecule has 2 aliphatic rings. The molecule has 7 nitrogen and oxygen atoms in total. The van der Waals surface area contributed by atoms with E-state index in [-0.39, 0.29) is 11.9 Å². The van der Waals surface area contributed by atoms with Crippen molar-refractivity contribution in [3.8, 4) is 17.2 Å². The van der Waals surface area contributed by atoms with Gasteiger partial charge in [-0.25, -0.2) is 5.01 Å². The van der Waals surface area contributed by atoms with Crippen LogP contribution in [0.25, 0.3) is 0 Å². The van der Waals surface area contributed by atoms with Crippen LogP contribution in [-0.2, 0) is 4.79 Å². The lowest BCUT2D eigenvalue weighted by atomic mass is 9.97. The second kappa shape index (κ2) is 10.3. The van der Waals surface area contributed by atoms with Crippen molar-refractivity contribution in [2.24, 2.45) is 5.10 Å². The number of benzene rings is 2. The Morgan fingerprint density at radius 2 is 1.73 bits per heavy atom. The van der Waals surface area contributed by atoms with E-state index in [1.165, 1.54) is 6.42 Å². The third-order valence-electron chi connectivity index (χ3n) is 6.66. The van der Waals surface area contributed by atoms with Gasteiger partial charge in [-0.2, -0.15) is 5.10 Å². The Hall–Kier alpha value is -3.06. The summed E-state index contributed by atoms with van der Waals surface area (Å²) in [6.45, 7) is 3.54. The Morgan fingerprint density at radius 1 is 1.00 bits per heavy atom. The highest BCUT2D eigenvalue weighted by Crippen LogP contribution is 2.37. The summed E-state index contributed by atoms with van der Waals surface area (Å²) in [6.07, 6.45) is 4.10. The molecule has 0 aromatic heterocycles. The summed E-state index contributed by atoms with van der Waals surface area (Å²) in [5.74, 6) is 2.20. The van der Waals surface area contributed by atoms with Crippen LogP contribution in [0.3, 0.4) is 0 Å². The second-order valence-corrected chi connectivity index (χ2v) is 8.66. The number of rotatable bonds is 7. The molecule has 0 radical (unpaired) electrons. The fraction of sp³-hybridized carbons (Fsp3) is 0.462. The largest absolute Gasteiger partial charge is 0.497 e. The lowest BCUT2D eigenvalue weighted by Crippen LogP contribution is -2.44. The maximum atomic E-state index is 13.5. The molecule has 1 saturated heterocycles. The first-order valence-corrected chi connectivity index (χ1v) is 11.5. The van der Waals surface area contributed by atoms with E-state index in [0.29, 0.717) is 30.5 Å². The minimum absolute atomic E-state index is 0.0204. The summed E-state index contributed by atoms with van der Waals surface area (Å²) in [5.41, 5.74) is 2.73. The van der Waals surface area contributed by atoms with Crippen molar-refractivity contribution in [2.75, 3.05) is 34.4 Å². The molecule has 1 fully saturated rings. The summed E-state index contributed by atoms with van der Waals surface area (Å²) in [4.78, 5) is 15.8. The molecule has 2 aromatic carbocycles. The topological polar surface area (TPSA) is 63.6 Å². The van der Waals surface area contributed by atoms with E-state index in [4.69, 9.17) is 19.3 Å². The van der Waals surface area contributed by atoms with Gasteiger partial charge < -0.3 is 14.2 Å². The van der Waals surface area contributed by atoms with Crippen LogP contribution in [0.5, 0.6) is 17.2 Å². The molecule has 0 aliphatic carbocycles. The third-order valence-corrected chi connectivity index (χ3v) is 6.66. The monoisotopic (exact) mass is 451 g/mol. The fourth-order valence-electron chi connectivity index (χ4n) is 4.66. The van der Waals surface area contributed by atoms with Crippen molar-refractivity contribution in [3.05, 3.63) is 53.6 Å². The molecule has 2 aromatic rings. The third kappa shape index (κ3) is 4.98. The number of carbonyl (C=O) groups excluding carboxylic acids is 1. The summed E-state index contributed by atoms with van der Waals surface area (Å²) < 4.78 is 16.3. The highest BCUT2D eigenvalue weighted by molar-refractivity contribution is 6.05. The number of carbonyl (C=O) groups is 1. The molecule has 0 spiro atoms. The van der Waals surface area contributed by atoms with Crippen molar-refractivity contribution < 1.29 is 19.0 Å². The lowest BCUT2D eigenvalue weighted by Gasteiger charge is -2.34. The average molecular weight is 452 g/mol. The molecular weight excluding hydrogens is 418 g/mol. The standard InChI is InChI=1S/C26H33N3O4/c1-18-7-5-6-14-28(18)17-26(30)29-24(19-8-10-20(31-2)11-9-19)16-23(27-29)22-13-12-21(32-3)15-25(22)33-4/h8-13,15,18,24H,5-7,14,16-17H2,1-4H3. The smallest absolute Gasteiger partial charge is 0.257 e. The van der Waals surface area contributed by atoms with E-state index >= 15 is 0 Å². The molecule has 0 bridgehead atoms. The molecule has 2 aliphatic heterocycles. The molecule has 0 saturated carbocycles. The number of piperidine rings is 1. The average Bonchev–Trinajstić information content (AvgIpc) is 3.30. The first-order valence-electron chi connectivity index (χ1n) is 11.5. The van der Waals surface area contributed by atoms with Gasteiger partial charge in [-0.05, 0) is 56.1 Å². The zero-order chi connectivity index (χ0) is 23.4. The number of methoxy groups -OCH3 is 3. The minimum atomic E-state index is -0.176. The van der Waals surface area contributed by atoms with E-state index in [0.717, 1.165) is 42.0 Å². The summed E-state index contributed by atoms with van der Waals surface area (Å²) in [6, 6.07) is 13.8. The van der Waals surface area contributed by atoms with E-state index in [1.54, 1.807) is 26.3 Å². The van der Waals surface area contributed by atoms with Gasteiger partial charge in [0.15, 0.2) is 0 Å². The maximum Gasteiger partial charge on any atom is 0.257 e. The van der Waals surface area contributed by atoms with Crippen LogP contribution in [0, 0.1) is 0 Å². The van der Waals surface area contributed by atoms with E-state index in [2.05, 4.69) is 11.8 Å². The van der Waals surface area contributed by atoms with Crippen LogP contribution in [0.15, 0.2) is 47.6 Å². The number of ether oxygens (including phenoxy) is 3. The molecule has 176 valence electrons. The van der Waals surface area contributed by atoms with E-state index in [9.17, 15) is 4.79 Å². The van der Waals surface area contributed by atoms with Crippen molar-refractivity contribution in [2.45, 2.75) is 44.7 Å². The summed E-state index contributed by atoms with van der Waals surface area (Å²) >= 11 is 0. The highest BCUT2D eigenvalue weighted by atomic mass is 16.5. The van der Waals surface area contributed by atoms with Crippen molar-refractivity contribution in [1.82, 2.24) is 9.91 Å². The van der Waals surface area contributed by atoms with Crippen LogP contribution >= 0.6 is 0 Å². The Labute approximate surface area is 195 Å². The molecule has 1 amide bonds. The van der Waals surface area contributed by atoms with Gasteiger partial charge in [0.25, 0.3) is 5.91 Å². The maximum absolute atomic E-state index is 13.5. The first kappa shape index (κ1) is 23.1. The summed E-state index contributed by atoms with van der Waals surface area (Å²) in [7, 11) is 4.91. The van der Waals surface area contributed by atoms with Gasteiger partial charge >= 0.3 is 0 Å². The van der Waals surface area contributed by atoms with Crippen molar-refractivity contribution in [3.63, 3.8) is 0 Å². The molecule has 4 rings (SSSR count). The number of hydrogen-bond donors (Lipinski definition) is 0. The molecule has 33 heavy (non-hydrogen) atoms. The van der Waals surface area contributed by atoms with Crippen molar-refractivity contribution >= 4 is 11.6 Å².